The molecule has 0 spiro atoms. The van der Waals surface area contributed by atoms with Gasteiger partial charge in [-0.15, -0.1) is 0 Å². The average molecular weight is 262 g/mol. The molecule has 0 radical (unpaired) electrons. The summed E-state index contributed by atoms with van der Waals surface area (Å²) in [7, 11) is 0. The molecular weight excluding hydrogens is 248 g/mol. The summed E-state index contributed by atoms with van der Waals surface area (Å²) in [4.78, 5) is 20.9. The van der Waals surface area contributed by atoms with E-state index in [2.05, 4.69) is 9.97 Å². The quantitative estimate of drug-likeness (QED) is 0.676. The standard InChI is InChI=1S/C17H14N2O/c20-17(10-9-13-5-1-2-11-18-13)15-6-3-8-16-14(15)7-4-12-19-16/h1-8,11-12H,9-10H2. The molecule has 3 rings (SSSR count). The van der Waals surface area contributed by atoms with Gasteiger partial charge in [0.1, 0.15) is 0 Å². The summed E-state index contributed by atoms with van der Waals surface area (Å²) < 4.78 is 0. The van der Waals surface area contributed by atoms with Crippen molar-refractivity contribution in [1.29, 1.82) is 0 Å². The van der Waals surface area contributed by atoms with Gasteiger partial charge in [-0.2, -0.15) is 0 Å². The van der Waals surface area contributed by atoms with E-state index in [4.69, 9.17) is 0 Å². The molecule has 3 aromatic rings. The Labute approximate surface area is 117 Å². The van der Waals surface area contributed by atoms with Gasteiger partial charge in [0.15, 0.2) is 5.78 Å². The molecule has 0 aliphatic heterocycles. The number of benzene rings is 1. The first-order valence-corrected chi connectivity index (χ1v) is 6.61. The van der Waals surface area contributed by atoms with Crippen LogP contribution in [-0.2, 0) is 6.42 Å². The SMILES string of the molecule is O=C(CCc1ccccn1)c1cccc2ncccc12. The minimum Gasteiger partial charge on any atom is -0.294 e. The predicted molar refractivity (Wildman–Crippen MR) is 78.6 cm³/mol. The second-order valence-electron chi connectivity index (χ2n) is 4.62. The fraction of sp³-hybridized carbons (Fsp3) is 0.118. The maximum Gasteiger partial charge on any atom is 0.163 e. The minimum atomic E-state index is 0.134. The van der Waals surface area contributed by atoms with Gasteiger partial charge in [-0.05, 0) is 30.7 Å². The number of carbonyl (C=O) groups excluding carboxylic acids is 1. The Balaban J connectivity index is 1.82. The number of aromatic nitrogens is 2. The Bertz CT molecular complexity index is 733. The molecule has 3 nitrogen and oxygen atoms in total. The zero-order valence-corrected chi connectivity index (χ0v) is 11.0. The van der Waals surface area contributed by atoms with Crippen molar-refractivity contribution in [3.05, 3.63) is 72.2 Å². The number of fused-ring (bicyclic) bond motifs is 1. The molecule has 0 fully saturated rings. The van der Waals surface area contributed by atoms with Crippen molar-refractivity contribution >= 4 is 16.7 Å². The number of hydrogen-bond donors (Lipinski definition) is 0. The van der Waals surface area contributed by atoms with E-state index in [9.17, 15) is 4.79 Å². The van der Waals surface area contributed by atoms with Gasteiger partial charge in [-0.1, -0.05) is 24.3 Å². The summed E-state index contributed by atoms with van der Waals surface area (Å²) in [6.45, 7) is 0. The van der Waals surface area contributed by atoms with Gasteiger partial charge in [0.2, 0.25) is 0 Å². The van der Waals surface area contributed by atoms with Crippen molar-refractivity contribution in [2.75, 3.05) is 0 Å². The zero-order chi connectivity index (χ0) is 13.8. The molecule has 98 valence electrons. The third-order valence-electron chi connectivity index (χ3n) is 3.28. The Morgan fingerprint density at radius 1 is 0.900 bits per heavy atom. The number of rotatable bonds is 4. The van der Waals surface area contributed by atoms with E-state index in [1.807, 2.05) is 48.5 Å². The number of aryl methyl sites for hydroxylation is 1. The van der Waals surface area contributed by atoms with E-state index >= 15 is 0 Å². The molecule has 0 unspecified atom stereocenters. The van der Waals surface area contributed by atoms with Crippen LogP contribution >= 0.6 is 0 Å². The first kappa shape index (κ1) is 12.5. The van der Waals surface area contributed by atoms with Crippen molar-refractivity contribution < 1.29 is 4.79 Å². The Hall–Kier alpha value is -2.55. The molecule has 0 aliphatic carbocycles. The fourth-order valence-corrected chi connectivity index (χ4v) is 2.27. The monoisotopic (exact) mass is 262 g/mol. The molecule has 0 amide bonds. The van der Waals surface area contributed by atoms with E-state index in [-0.39, 0.29) is 5.78 Å². The fourth-order valence-electron chi connectivity index (χ4n) is 2.27. The van der Waals surface area contributed by atoms with Crippen molar-refractivity contribution in [2.45, 2.75) is 12.8 Å². The Morgan fingerprint density at radius 3 is 2.65 bits per heavy atom. The van der Waals surface area contributed by atoms with Crippen molar-refractivity contribution in [1.82, 2.24) is 9.97 Å². The first-order chi connectivity index (χ1) is 9.84. The lowest BCUT2D eigenvalue weighted by Gasteiger charge is -2.05. The van der Waals surface area contributed by atoms with Gasteiger partial charge in [-0.3, -0.25) is 14.8 Å². The van der Waals surface area contributed by atoms with Gasteiger partial charge < -0.3 is 0 Å². The van der Waals surface area contributed by atoms with Crippen LogP contribution in [0.3, 0.4) is 0 Å². The van der Waals surface area contributed by atoms with Crippen molar-refractivity contribution in [3.63, 3.8) is 0 Å². The highest BCUT2D eigenvalue weighted by Gasteiger charge is 2.10. The maximum atomic E-state index is 12.4. The molecule has 1 aromatic carbocycles. The van der Waals surface area contributed by atoms with Crippen LogP contribution in [0.5, 0.6) is 0 Å². The molecule has 2 heterocycles. The molecule has 0 bridgehead atoms. The van der Waals surface area contributed by atoms with Gasteiger partial charge in [0.05, 0.1) is 5.52 Å². The van der Waals surface area contributed by atoms with E-state index in [1.54, 1.807) is 12.4 Å². The lowest BCUT2D eigenvalue weighted by molar-refractivity contribution is 0.0984. The number of hydrogen-bond acceptors (Lipinski definition) is 3. The average Bonchev–Trinajstić information content (AvgIpc) is 2.53. The highest BCUT2D eigenvalue weighted by molar-refractivity contribution is 6.07. The van der Waals surface area contributed by atoms with E-state index in [1.165, 1.54) is 0 Å². The maximum absolute atomic E-state index is 12.4. The predicted octanol–water partition coefficient (Wildman–Crippen LogP) is 3.45. The molecule has 2 aromatic heterocycles. The molecule has 0 N–H and O–H groups in total. The molecule has 0 saturated heterocycles. The zero-order valence-electron chi connectivity index (χ0n) is 11.0. The van der Waals surface area contributed by atoms with Crippen LogP contribution in [0.2, 0.25) is 0 Å². The third-order valence-corrected chi connectivity index (χ3v) is 3.28. The van der Waals surface area contributed by atoms with Crippen LogP contribution in [0, 0.1) is 0 Å². The number of pyridine rings is 2. The normalized spacial score (nSPS) is 10.6. The van der Waals surface area contributed by atoms with Crippen LogP contribution in [-0.4, -0.2) is 15.8 Å². The van der Waals surface area contributed by atoms with Crippen LogP contribution < -0.4 is 0 Å². The van der Waals surface area contributed by atoms with Crippen LogP contribution in [0.25, 0.3) is 10.9 Å². The van der Waals surface area contributed by atoms with E-state index in [0.717, 1.165) is 22.2 Å². The molecular formula is C17H14N2O. The van der Waals surface area contributed by atoms with Gasteiger partial charge >= 0.3 is 0 Å². The summed E-state index contributed by atoms with van der Waals surface area (Å²) in [5.41, 5.74) is 2.54. The lowest BCUT2D eigenvalue weighted by Crippen LogP contribution is -2.03. The molecule has 3 heteroatoms. The van der Waals surface area contributed by atoms with Gasteiger partial charge in [-0.25, -0.2) is 0 Å². The summed E-state index contributed by atoms with van der Waals surface area (Å²) in [6, 6.07) is 15.2. The molecule has 0 saturated carbocycles. The van der Waals surface area contributed by atoms with Gasteiger partial charge in [0, 0.05) is 35.5 Å². The summed E-state index contributed by atoms with van der Waals surface area (Å²) in [5, 5.41) is 0.918. The minimum absolute atomic E-state index is 0.134. The third kappa shape index (κ3) is 2.57. The topological polar surface area (TPSA) is 42.9 Å². The summed E-state index contributed by atoms with van der Waals surface area (Å²) >= 11 is 0. The second kappa shape index (κ2) is 5.61. The number of nitrogens with zero attached hydrogens (tertiary/aromatic N) is 2. The summed E-state index contributed by atoms with van der Waals surface area (Å²) in [5.74, 6) is 0.134. The number of Topliss-reactive ketones (excluding diaryl/α,β-unsaturated/α-hetero) is 1. The van der Waals surface area contributed by atoms with Gasteiger partial charge in [0.25, 0.3) is 0 Å². The Kier molecular flexibility index (Phi) is 3.50. The van der Waals surface area contributed by atoms with Crippen LogP contribution in [0.1, 0.15) is 22.5 Å². The largest absolute Gasteiger partial charge is 0.294 e. The first-order valence-electron chi connectivity index (χ1n) is 6.61. The molecule has 0 aliphatic rings. The van der Waals surface area contributed by atoms with Crippen molar-refractivity contribution in [3.8, 4) is 0 Å². The van der Waals surface area contributed by atoms with Crippen molar-refractivity contribution in [2.24, 2.45) is 0 Å². The smallest absolute Gasteiger partial charge is 0.163 e. The highest BCUT2D eigenvalue weighted by atomic mass is 16.1. The molecule has 0 atom stereocenters. The molecule has 20 heavy (non-hydrogen) atoms. The number of carbonyl (C=O) groups is 1. The van der Waals surface area contributed by atoms with E-state index in [0.29, 0.717) is 12.8 Å². The summed E-state index contributed by atoms with van der Waals surface area (Å²) in [6.07, 6.45) is 4.62. The lowest BCUT2D eigenvalue weighted by atomic mass is 10.0. The second-order valence-corrected chi connectivity index (χ2v) is 4.62. The van der Waals surface area contributed by atoms with E-state index < -0.39 is 0 Å². The highest BCUT2D eigenvalue weighted by Crippen LogP contribution is 2.18. The van der Waals surface area contributed by atoms with Crippen LogP contribution in [0.4, 0.5) is 0 Å². The number of ketones is 1. The van der Waals surface area contributed by atoms with Crippen LogP contribution in [0.15, 0.2) is 60.9 Å². The Morgan fingerprint density at radius 2 is 1.80 bits per heavy atom.